The van der Waals surface area contributed by atoms with Gasteiger partial charge in [0.1, 0.15) is 11.3 Å². The first kappa shape index (κ1) is 12.0. The molecule has 2 aromatic heterocycles. The van der Waals surface area contributed by atoms with Crippen LogP contribution in [0.2, 0.25) is 0 Å². The fraction of sp³-hybridized carbons (Fsp3) is 0.533. The van der Waals surface area contributed by atoms with Gasteiger partial charge in [0.15, 0.2) is 5.82 Å². The van der Waals surface area contributed by atoms with Gasteiger partial charge in [-0.05, 0) is 25.8 Å². The molecule has 0 aromatic carbocycles. The summed E-state index contributed by atoms with van der Waals surface area (Å²) in [6.45, 7) is 5.79. The quantitative estimate of drug-likeness (QED) is 0.792. The fourth-order valence-corrected chi connectivity index (χ4v) is 3.28. The highest BCUT2D eigenvalue weighted by atomic mass is 16.5. The van der Waals surface area contributed by atoms with E-state index in [-0.39, 0.29) is 0 Å². The minimum atomic E-state index is 0.351. The number of aromatic nitrogens is 3. The Bertz CT molecular complexity index is 653. The van der Waals surface area contributed by atoms with Gasteiger partial charge in [0.05, 0.1) is 13.2 Å². The third-order valence-electron chi connectivity index (χ3n) is 4.38. The smallest absolute Gasteiger partial charge is 0.155 e. The van der Waals surface area contributed by atoms with Gasteiger partial charge in [-0.3, -0.25) is 0 Å². The topological polar surface area (TPSA) is 51.1 Å². The zero-order chi connectivity index (χ0) is 13.6. The lowest BCUT2D eigenvalue weighted by Gasteiger charge is -2.48. The Morgan fingerprint density at radius 2 is 2.20 bits per heavy atom. The standard InChI is InChI=1S/C15H18N4O/c1-11-17-7-12-3-5-16-14(13(12)18-11)19-6-2-4-15(8-19)9-20-10-15/h3,5,7H,2,4,6,8-10H2,1H3. The molecule has 0 saturated carbocycles. The number of piperidine rings is 1. The van der Waals surface area contributed by atoms with Gasteiger partial charge in [0, 0.05) is 36.3 Å². The van der Waals surface area contributed by atoms with Crippen LogP contribution in [0.1, 0.15) is 18.7 Å². The van der Waals surface area contributed by atoms with Gasteiger partial charge in [-0.15, -0.1) is 0 Å². The molecule has 2 aromatic rings. The second-order valence-electron chi connectivity index (χ2n) is 6.01. The molecule has 0 bridgehead atoms. The molecule has 0 aliphatic carbocycles. The van der Waals surface area contributed by atoms with Crippen LogP contribution in [0.5, 0.6) is 0 Å². The third-order valence-corrected chi connectivity index (χ3v) is 4.38. The van der Waals surface area contributed by atoms with Crippen LogP contribution in [0.15, 0.2) is 18.5 Å². The van der Waals surface area contributed by atoms with Crippen LogP contribution < -0.4 is 4.90 Å². The van der Waals surface area contributed by atoms with Gasteiger partial charge in [-0.2, -0.15) is 0 Å². The van der Waals surface area contributed by atoms with Crippen molar-refractivity contribution in [2.24, 2.45) is 5.41 Å². The lowest BCUT2D eigenvalue weighted by atomic mass is 9.78. The van der Waals surface area contributed by atoms with Crippen molar-refractivity contribution < 1.29 is 4.74 Å². The molecule has 4 rings (SSSR count). The average molecular weight is 270 g/mol. The minimum absolute atomic E-state index is 0.351. The molecule has 104 valence electrons. The van der Waals surface area contributed by atoms with Crippen molar-refractivity contribution >= 4 is 16.7 Å². The molecule has 2 aliphatic heterocycles. The monoisotopic (exact) mass is 270 g/mol. The minimum Gasteiger partial charge on any atom is -0.380 e. The summed E-state index contributed by atoms with van der Waals surface area (Å²) >= 11 is 0. The number of pyridine rings is 1. The zero-order valence-corrected chi connectivity index (χ0v) is 11.7. The number of nitrogens with zero attached hydrogens (tertiary/aromatic N) is 4. The molecule has 5 nitrogen and oxygen atoms in total. The SMILES string of the molecule is Cc1ncc2ccnc(N3CCCC4(COC4)C3)c2n1. The number of fused-ring (bicyclic) bond motifs is 1. The van der Waals surface area contributed by atoms with Gasteiger partial charge >= 0.3 is 0 Å². The second-order valence-corrected chi connectivity index (χ2v) is 6.01. The highest BCUT2D eigenvalue weighted by molar-refractivity contribution is 5.87. The van der Waals surface area contributed by atoms with Crippen LogP contribution in [0.4, 0.5) is 5.82 Å². The lowest BCUT2D eigenvalue weighted by Crippen LogP contribution is -2.54. The number of hydrogen-bond acceptors (Lipinski definition) is 5. The van der Waals surface area contributed by atoms with Crippen molar-refractivity contribution in [3.8, 4) is 0 Å². The van der Waals surface area contributed by atoms with Crippen LogP contribution >= 0.6 is 0 Å². The van der Waals surface area contributed by atoms with Crippen LogP contribution in [0.25, 0.3) is 10.9 Å². The molecule has 0 amide bonds. The van der Waals surface area contributed by atoms with Crippen molar-refractivity contribution in [3.05, 3.63) is 24.3 Å². The number of anilines is 1. The average Bonchev–Trinajstić information content (AvgIpc) is 2.45. The van der Waals surface area contributed by atoms with Gasteiger partial charge in [0.2, 0.25) is 0 Å². The molecular formula is C15H18N4O. The predicted molar refractivity (Wildman–Crippen MR) is 76.8 cm³/mol. The molecule has 5 heteroatoms. The van der Waals surface area contributed by atoms with Crippen molar-refractivity contribution in [1.29, 1.82) is 0 Å². The van der Waals surface area contributed by atoms with E-state index in [0.717, 1.165) is 48.8 Å². The lowest BCUT2D eigenvalue weighted by molar-refractivity contribution is -0.117. The van der Waals surface area contributed by atoms with Gasteiger partial charge in [-0.25, -0.2) is 15.0 Å². The first-order chi connectivity index (χ1) is 9.76. The molecule has 0 N–H and O–H groups in total. The van der Waals surface area contributed by atoms with Gasteiger partial charge in [-0.1, -0.05) is 0 Å². The van der Waals surface area contributed by atoms with Crippen molar-refractivity contribution in [2.75, 3.05) is 31.2 Å². The maximum absolute atomic E-state index is 5.43. The fourth-order valence-electron chi connectivity index (χ4n) is 3.28. The molecule has 2 fully saturated rings. The molecule has 1 spiro atoms. The Balaban J connectivity index is 1.75. The molecule has 4 heterocycles. The van der Waals surface area contributed by atoms with E-state index in [2.05, 4.69) is 19.9 Å². The number of ether oxygens (including phenoxy) is 1. The van der Waals surface area contributed by atoms with Gasteiger partial charge in [0.25, 0.3) is 0 Å². The van der Waals surface area contributed by atoms with E-state index in [1.807, 2.05) is 25.4 Å². The summed E-state index contributed by atoms with van der Waals surface area (Å²) in [6.07, 6.45) is 6.21. The van der Waals surface area contributed by atoms with Crippen LogP contribution in [-0.4, -0.2) is 41.3 Å². The first-order valence-electron chi connectivity index (χ1n) is 7.17. The highest BCUT2D eigenvalue weighted by Gasteiger charge is 2.42. The highest BCUT2D eigenvalue weighted by Crippen LogP contribution is 2.39. The molecule has 20 heavy (non-hydrogen) atoms. The number of hydrogen-bond donors (Lipinski definition) is 0. The van der Waals surface area contributed by atoms with Crippen LogP contribution in [-0.2, 0) is 4.74 Å². The van der Waals surface area contributed by atoms with E-state index >= 15 is 0 Å². The van der Waals surface area contributed by atoms with Crippen molar-refractivity contribution in [1.82, 2.24) is 15.0 Å². The van der Waals surface area contributed by atoms with Gasteiger partial charge < -0.3 is 9.64 Å². The molecule has 0 atom stereocenters. The van der Waals surface area contributed by atoms with E-state index in [1.54, 1.807) is 0 Å². The maximum Gasteiger partial charge on any atom is 0.155 e. The van der Waals surface area contributed by atoms with Crippen molar-refractivity contribution in [2.45, 2.75) is 19.8 Å². The summed E-state index contributed by atoms with van der Waals surface area (Å²) in [7, 11) is 0. The molecule has 0 unspecified atom stereocenters. The predicted octanol–water partition coefficient (Wildman–Crippen LogP) is 1.95. The van der Waals surface area contributed by atoms with E-state index < -0.39 is 0 Å². The Hall–Kier alpha value is -1.75. The molecule has 2 saturated heterocycles. The maximum atomic E-state index is 5.43. The Morgan fingerprint density at radius 1 is 1.30 bits per heavy atom. The van der Waals surface area contributed by atoms with Crippen molar-refractivity contribution in [3.63, 3.8) is 0 Å². The second kappa shape index (κ2) is 4.38. The molecule has 2 aliphatic rings. The normalized spacial score (nSPS) is 21.1. The molecule has 0 radical (unpaired) electrons. The summed E-state index contributed by atoms with van der Waals surface area (Å²) in [6, 6.07) is 1.98. The van der Waals surface area contributed by atoms with E-state index in [0.29, 0.717) is 5.41 Å². The molecular weight excluding hydrogens is 252 g/mol. The van der Waals surface area contributed by atoms with E-state index in [4.69, 9.17) is 4.74 Å². The first-order valence-corrected chi connectivity index (χ1v) is 7.17. The zero-order valence-electron chi connectivity index (χ0n) is 11.7. The summed E-state index contributed by atoms with van der Waals surface area (Å²) in [5.74, 6) is 1.80. The van der Waals surface area contributed by atoms with E-state index in [1.165, 1.54) is 12.8 Å². The third kappa shape index (κ3) is 1.85. The Kier molecular flexibility index (Phi) is 2.63. The largest absolute Gasteiger partial charge is 0.380 e. The Labute approximate surface area is 118 Å². The summed E-state index contributed by atoms with van der Waals surface area (Å²) in [4.78, 5) is 15.8. The summed E-state index contributed by atoms with van der Waals surface area (Å²) in [5, 5.41) is 1.06. The van der Waals surface area contributed by atoms with E-state index in [9.17, 15) is 0 Å². The summed E-state index contributed by atoms with van der Waals surface area (Å²) in [5.41, 5.74) is 1.32. The number of aryl methyl sites for hydroxylation is 1. The number of rotatable bonds is 1. The Morgan fingerprint density at radius 3 is 3.00 bits per heavy atom. The van der Waals surface area contributed by atoms with Crippen LogP contribution in [0.3, 0.4) is 0 Å². The summed E-state index contributed by atoms with van der Waals surface area (Å²) < 4.78 is 5.43. The van der Waals surface area contributed by atoms with Crippen LogP contribution in [0, 0.1) is 12.3 Å².